The zero-order valence-corrected chi connectivity index (χ0v) is 12.7. The first-order valence-electron chi connectivity index (χ1n) is 6.72. The SMILES string of the molecule is COC(=O)CCNCC(C)(C)c1cc(C)ccc1C. The number of carbonyl (C=O) groups is 1. The van der Waals surface area contributed by atoms with E-state index < -0.39 is 0 Å². The van der Waals surface area contributed by atoms with Gasteiger partial charge in [0.2, 0.25) is 0 Å². The molecule has 3 heteroatoms. The number of benzene rings is 1. The van der Waals surface area contributed by atoms with Crippen LogP contribution in [0.3, 0.4) is 0 Å². The Bertz CT molecular complexity index is 438. The Balaban J connectivity index is 2.60. The molecule has 0 heterocycles. The summed E-state index contributed by atoms with van der Waals surface area (Å²) in [5, 5.41) is 3.34. The molecule has 0 atom stereocenters. The average Bonchev–Trinajstić information content (AvgIpc) is 2.37. The predicted octanol–water partition coefficient (Wildman–Crippen LogP) is 2.73. The molecule has 0 aliphatic rings. The third-order valence-electron chi connectivity index (χ3n) is 3.42. The summed E-state index contributed by atoms with van der Waals surface area (Å²) in [4.78, 5) is 11.0. The summed E-state index contributed by atoms with van der Waals surface area (Å²) in [6.45, 7) is 10.2. The summed E-state index contributed by atoms with van der Waals surface area (Å²) < 4.78 is 4.62. The number of rotatable bonds is 6. The van der Waals surface area contributed by atoms with Crippen molar-refractivity contribution in [1.29, 1.82) is 0 Å². The summed E-state index contributed by atoms with van der Waals surface area (Å²) in [6, 6.07) is 6.55. The normalized spacial score (nSPS) is 11.4. The molecular formula is C16H25NO2. The second kappa shape index (κ2) is 6.71. The van der Waals surface area contributed by atoms with E-state index in [9.17, 15) is 4.79 Å². The molecule has 3 nitrogen and oxygen atoms in total. The molecule has 0 aromatic heterocycles. The van der Waals surface area contributed by atoms with Crippen LogP contribution in [0.2, 0.25) is 0 Å². The van der Waals surface area contributed by atoms with Crippen molar-refractivity contribution in [3.63, 3.8) is 0 Å². The van der Waals surface area contributed by atoms with Gasteiger partial charge in [0, 0.05) is 18.5 Å². The van der Waals surface area contributed by atoms with E-state index in [1.807, 2.05) is 0 Å². The highest BCUT2D eigenvalue weighted by Gasteiger charge is 2.22. The van der Waals surface area contributed by atoms with Crippen LogP contribution in [0.15, 0.2) is 18.2 Å². The Morgan fingerprint density at radius 3 is 2.63 bits per heavy atom. The minimum atomic E-state index is -0.169. The lowest BCUT2D eigenvalue weighted by atomic mass is 9.81. The first-order valence-corrected chi connectivity index (χ1v) is 6.72. The molecule has 1 N–H and O–H groups in total. The zero-order valence-electron chi connectivity index (χ0n) is 12.7. The van der Waals surface area contributed by atoms with Crippen molar-refractivity contribution in [2.75, 3.05) is 20.2 Å². The molecule has 19 heavy (non-hydrogen) atoms. The summed E-state index contributed by atoms with van der Waals surface area (Å²) in [7, 11) is 1.42. The van der Waals surface area contributed by atoms with Crippen molar-refractivity contribution in [2.24, 2.45) is 0 Å². The molecule has 0 fully saturated rings. The third-order valence-corrected chi connectivity index (χ3v) is 3.42. The molecule has 0 bridgehead atoms. The van der Waals surface area contributed by atoms with Gasteiger partial charge in [0.05, 0.1) is 13.5 Å². The van der Waals surface area contributed by atoms with Gasteiger partial charge in [0.25, 0.3) is 0 Å². The molecule has 0 amide bonds. The van der Waals surface area contributed by atoms with Crippen LogP contribution in [0.4, 0.5) is 0 Å². The molecule has 106 valence electrons. The molecule has 0 saturated carbocycles. The van der Waals surface area contributed by atoms with Gasteiger partial charge in [-0.15, -0.1) is 0 Å². The van der Waals surface area contributed by atoms with Gasteiger partial charge >= 0.3 is 5.97 Å². The number of methoxy groups -OCH3 is 1. The summed E-state index contributed by atoms with van der Waals surface area (Å²) in [5.74, 6) is -0.169. The van der Waals surface area contributed by atoms with Gasteiger partial charge in [0.1, 0.15) is 0 Å². The van der Waals surface area contributed by atoms with Gasteiger partial charge in [0.15, 0.2) is 0 Å². The highest BCUT2D eigenvalue weighted by Crippen LogP contribution is 2.26. The van der Waals surface area contributed by atoms with E-state index in [1.165, 1.54) is 23.8 Å². The molecule has 0 unspecified atom stereocenters. The molecule has 0 saturated heterocycles. The van der Waals surface area contributed by atoms with Crippen LogP contribution in [0, 0.1) is 13.8 Å². The van der Waals surface area contributed by atoms with Gasteiger partial charge in [-0.2, -0.15) is 0 Å². The van der Waals surface area contributed by atoms with Crippen molar-refractivity contribution >= 4 is 5.97 Å². The van der Waals surface area contributed by atoms with Crippen LogP contribution in [0.1, 0.15) is 37.0 Å². The smallest absolute Gasteiger partial charge is 0.306 e. The van der Waals surface area contributed by atoms with Crippen LogP contribution in [-0.2, 0) is 14.9 Å². The fourth-order valence-electron chi connectivity index (χ4n) is 2.25. The second-order valence-electron chi connectivity index (χ2n) is 5.71. The van der Waals surface area contributed by atoms with E-state index in [4.69, 9.17) is 0 Å². The highest BCUT2D eigenvalue weighted by molar-refractivity contribution is 5.69. The molecule has 1 aromatic rings. The van der Waals surface area contributed by atoms with Crippen molar-refractivity contribution in [2.45, 2.75) is 39.5 Å². The molecule has 0 aliphatic carbocycles. The van der Waals surface area contributed by atoms with Crippen molar-refractivity contribution in [1.82, 2.24) is 5.32 Å². The van der Waals surface area contributed by atoms with Crippen LogP contribution in [0.25, 0.3) is 0 Å². The van der Waals surface area contributed by atoms with Crippen molar-refractivity contribution in [3.8, 4) is 0 Å². The Kier molecular flexibility index (Phi) is 5.55. The van der Waals surface area contributed by atoms with Gasteiger partial charge < -0.3 is 10.1 Å². The molecule has 1 rings (SSSR count). The van der Waals surface area contributed by atoms with Crippen LogP contribution in [-0.4, -0.2) is 26.2 Å². The third kappa shape index (κ3) is 4.67. The summed E-state index contributed by atoms with van der Waals surface area (Å²) in [5.41, 5.74) is 4.00. The number of ether oxygens (including phenoxy) is 1. The Labute approximate surface area is 116 Å². The molecule has 1 aromatic carbocycles. The number of hydrogen-bond acceptors (Lipinski definition) is 3. The van der Waals surface area contributed by atoms with Crippen LogP contribution < -0.4 is 5.32 Å². The maximum atomic E-state index is 11.0. The minimum absolute atomic E-state index is 0.0478. The number of carbonyl (C=O) groups excluding carboxylic acids is 1. The minimum Gasteiger partial charge on any atom is -0.469 e. The number of aryl methyl sites for hydroxylation is 2. The van der Waals surface area contributed by atoms with Gasteiger partial charge in [-0.3, -0.25) is 4.79 Å². The van der Waals surface area contributed by atoms with E-state index in [-0.39, 0.29) is 11.4 Å². The Hall–Kier alpha value is -1.35. The maximum absolute atomic E-state index is 11.0. The van der Waals surface area contributed by atoms with E-state index in [0.717, 1.165) is 6.54 Å². The lowest BCUT2D eigenvalue weighted by molar-refractivity contribution is -0.140. The number of nitrogens with one attached hydrogen (secondary N) is 1. The van der Waals surface area contributed by atoms with Crippen LogP contribution >= 0.6 is 0 Å². The number of esters is 1. The first-order chi connectivity index (χ1) is 8.86. The Morgan fingerprint density at radius 2 is 2.00 bits per heavy atom. The highest BCUT2D eigenvalue weighted by atomic mass is 16.5. The predicted molar refractivity (Wildman–Crippen MR) is 78.4 cm³/mol. The zero-order chi connectivity index (χ0) is 14.5. The number of hydrogen-bond donors (Lipinski definition) is 1. The molecule has 0 spiro atoms. The standard InChI is InChI=1S/C16H25NO2/c1-12-6-7-13(2)14(10-12)16(3,4)11-17-9-8-15(18)19-5/h6-7,10,17H,8-9,11H2,1-5H3. The molecule has 0 radical (unpaired) electrons. The van der Waals surface area contributed by atoms with Gasteiger partial charge in [-0.1, -0.05) is 37.6 Å². The van der Waals surface area contributed by atoms with Gasteiger partial charge in [-0.05, 0) is 25.0 Å². The topological polar surface area (TPSA) is 38.3 Å². The fraction of sp³-hybridized carbons (Fsp3) is 0.562. The van der Waals surface area contributed by atoms with E-state index in [2.05, 4.69) is 55.9 Å². The largest absolute Gasteiger partial charge is 0.469 e. The average molecular weight is 263 g/mol. The van der Waals surface area contributed by atoms with Crippen molar-refractivity contribution in [3.05, 3.63) is 34.9 Å². The monoisotopic (exact) mass is 263 g/mol. The summed E-state index contributed by atoms with van der Waals surface area (Å²) >= 11 is 0. The van der Waals surface area contributed by atoms with Gasteiger partial charge in [-0.25, -0.2) is 0 Å². The molecular weight excluding hydrogens is 238 g/mol. The summed E-state index contributed by atoms with van der Waals surface area (Å²) in [6.07, 6.45) is 0.416. The van der Waals surface area contributed by atoms with E-state index in [0.29, 0.717) is 13.0 Å². The second-order valence-corrected chi connectivity index (χ2v) is 5.71. The Morgan fingerprint density at radius 1 is 1.32 bits per heavy atom. The molecule has 0 aliphatic heterocycles. The van der Waals surface area contributed by atoms with E-state index >= 15 is 0 Å². The van der Waals surface area contributed by atoms with Crippen molar-refractivity contribution < 1.29 is 9.53 Å². The fourth-order valence-corrected chi connectivity index (χ4v) is 2.25. The maximum Gasteiger partial charge on any atom is 0.306 e. The van der Waals surface area contributed by atoms with Crippen LogP contribution in [0.5, 0.6) is 0 Å². The first kappa shape index (κ1) is 15.7. The quantitative estimate of drug-likeness (QED) is 0.633. The lowest BCUT2D eigenvalue weighted by Gasteiger charge is -2.28. The lowest BCUT2D eigenvalue weighted by Crippen LogP contribution is -2.34. The van der Waals surface area contributed by atoms with E-state index in [1.54, 1.807) is 0 Å².